The van der Waals surface area contributed by atoms with Gasteiger partial charge >= 0.3 is 17.9 Å². The Morgan fingerprint density at radius 3 is 0.782 bits per heavy atom. The summed E-state index contributed by atoms with van der Waals surface area (Å²) in [6.07, 6.45) is 88.4. The summed E-state index contributed by atoms with van der Waals surface area (Å²) in [5.41, 5.74) is 0. The monoisotopic (exact) mass is 1080 g/mol. The lowest BCUT2D eigenvalue weighted by Crippen LogP contribution is -2.30. The first-order valence-electron chi connectivity index (χ1n) is 33.2. The minimum absolute atomic E-state index is 0.0810. The number of ether oxygens (including phenoxy) is 3. The van der Waals surface area contributed by atoms with Crippen molar-refractivity contribution in [3.63, 3.8) is 0 Å². The van der Waals surface area contributed by atoms with Crippen molar-refractivity contribution < 1.29 is 28.6 Å². The van der Waals surface area contributed by atoms with Crippen LogP contribution in [0, 0.1) is 0 Å². The fourth-order valence-corrected chi connectivity index (χ4v) is 9.40. The third kappa shape index (κ3) is 63.2. The highest BCUT2D eigenvalue weighted by atomic mass is 16.6. The van der Waals surface area contributed by atoms with Crippen molar-refractivity contribution >= 4 is 17.9 Å². The summed E-state index contributed by atoms with van der Waals surface area (Å²) in [7, 11) is 0. The van der Waals surface area contributed by atoms with Crippen molar-refractivity contribution in [2.24, 2.45) is 0 Å². The first-order chi connectivity index (χ1) is 38.5. The highest BCUT2D eigenvalue weighted by Crippen LogP contribution is 2.17. The first-order valence-corrected chi connectivity index (χ1v) is 33.2. The van der Waals surface area contributed by atoms with Gasteiger partial charge in [0.2, 0.25) is 0 Å². The molecule has 1 atom stereocenters. The number of rotatable bonds is 60. The molecular weight excluding hydrogens is 961 g/mol. The number of hydrogen-bond donors (Lipinski definition) is 0. The molecule has 1 unspecified atom stereocenters. The first kappa shape index (κ1) is 74.3. The number of unbranched alkanes of at least 4 members (excludes halogenated alkanes) is 33. The molecule has 0 amide bonds. The molecule has 0 fully saturated rings. The SMILES string of the molecule is CC/C=C\C/C=C\C/C=C\C/C=C\C/C=C\C/C=C\C/C=C\C/C=C\CCCCCCC(=O)OCC(COC(=O)CCCCCCCCCCCCCCCCC)OC(=O)CCCCCCCCCCCCCCCCCC. The van der Waals surface area contributed by atoms with Gasteiger partial charge < -0.3 is 14.2 Å². The molecule has 0 aromatic rings. The molecule has 0 saturated heterocycles. The Morgan fingerprint density at radius 2 is 0.500 bits per heavy atom. The van der Waals surface area contributed by atoms with Gasteiger partial charge in [0.05, 0.1) is 0 Å². The second kappa shape index (κ2) is 65.8. The van der Waals surface area contributed by atoms with Crippen LogP contribution in [0.3, 0.4) is 0 Å². The summed E-state index contributed by atoms with van der Waals surface area (Å²) in [5, 5.41) is 0. The van der Waals surface area contributed by atoms with Crippen LogP contribution in [-0.2, 0) is 28.6 Å². The Morgan fingerprint density at radius 1 is 0.269 bits per heavy atom. The van der Waals surface area contributed by atoms with E-state index in [0.717, 1.165) is 122 Å². The number of carbonyl (C=O) groups excluding carboxylic acids is 3. The molecule has 0 aromatic heterocycles. The molecule has 0 aliphatic rings. The Hall–Kier alpha value is -3.67. The van der Waals surface area contributed by atoms with E-state index in [1.165, 1.54) is 161 Å². The minimum Gasteiger partial charge on any atom is -0.462 e. The molecule has 6 heteroatoms. The van der Waals surface area contributed by atoms with E-state index >= 15 is 0 Å². The number of allylic oxidation sites excluding steroid dienone is 16. The van der Waals surface area contributed by atoms with Gasteiger partial charge in [-0.05, 0) is 83.5 Å². The van der Waals surface area contributed by atoms with E-state index in [9.17, 15) is 14.4 Å². The Labute approximate surface area is 483 Å². The molecule has 448 valence electrons. The largest absolute Gasteiger partial charge is 0.462 e. The van der Waals surface area contributed by atoms with E-state index in [1.54, 1.807) is 0 Å². The van der Waals surface area contributed by atoms with Crippen LogP contribution in [-0.4, -0.2) is 37.2 Å². The van der Waals surface area contributed by atoms with Crippen molar-refractivity contribution in [3.05, 3.63) is 97.2 Å². The average Bonchev–Trinajstić information content (AvgIpc) is 3.44. The maximum absolute atomic E-state index is 12.9. The highest BCUT2D eigenvalue weighted by Gasteiger charge is 2.19. The smallest absolute Gasteiger partial charge is 0.306 e. The zero-order chi connectivity index (χ0) is 56.4. The van der Waals surface area contributed by atoms with Gasteiger partial charge in [0.1, 0.15) is 13.2 Å². The quantitative estimate of drug-likeness (QED) is 0.0261. The third-order valence-corrected chi connectivity index (χ3v) is 14.4. The molecule has 0 heterocycles. The van der Waals surface area contributed by atoms with Crippen LogP contribution in [0.4, 0.5) is 0 Å². The zero-order valence-corrected chi connectivity index (χ0v) is 51.4. The number of carbonyl (C=O) groups is 3. The summed E-state index contributed by atoms with van der Waals surface area (Å²) in [4.78, 5) is 38.3. The van der Waals surface area contributed by atoms with E-state index in [4.69, 9.17) is 14.2 Å². The molecule has 0 aromatic carbocycles. The molecule has 0 radical (unpaired) electrons. The molecular formula is C72H124O6. The molecule has 0 bridgehead atoms. The van der Waals surface area contributed by atoms with E-state index in [1.807, 2.05) is 0 Å². The van der Waals surface area contributed by atoms with Crippen molar-refractivity contribution in [2.45, 2.75) is 329 Å². The fourth-order valence-electron chi connectivity index (χ4n) is 9.40. The molecule has 0 spiro atoms. The van der Waals surface area contributed by atoms with Gasteiger partial charge in [0.25, 0.3) is 0 Å². The maximum Gasteiger partial charge on any atom is 0.306 e. The maximum atomic E-state index is 12.9. The zero-order valence-electron chi connectivity index (χ0n) is 51.4. The van der Waals surface area contributed by atoms with Crippen LogP contribution in [0.25, 0.3) is 0 Å². The lowest BCUT2D eigenvalue weighted by molar-refractivity contribution is -0.167. The standard InChI is InChI=1S/C72H124O6/c1-4-7-10-13-16-19-22-25-28-30-31-32-33-34-35-36-37-38-39-40-41-42-45-47-50-53-56-59-62-65-71(74)77-68-69(67-76-70(73)64-61-58-55-52-49-46-43-27-24-21-18-15-12-9-6-3)78-72(75)66-63-60-57-54-51-48-44-29-26-23-20-17-14-11-8-5-2/h7,10,16,19,25,28,31-32,34-35,37-38,40-41,45,47,69H,4-6,8-9,11-15,17-18,20-24,26-27,29-30,33,36,39,42-44,46,48-68H2,1-3H3/b10-7-,19-16-,28-25-,32-31-,35-34-,38-37-,41-40-,47-45-. The van der Waals surface area contributed by atoms with Crippen molar-refractivity contribution in [2.75, 3.05) is 13.2 Å². The van der Waals surface area contributed by atoms with E-state index in [2.05, 4.69) is 118 Å². The molecule has 0 saturated carbocycles. The van der Waals surface area contributed by atoms with E-state index in [0.29, 0.717) is 19.3 Å². The Balaban J connectivity index is 4.36. The van der Waals surface area contributed by atoms with E-state index in [-0.39, 0.29) is 31.1 Å². The summed E-state index contributed by atoms with van der Waals surface area (Å²) >= 11 is 0. The third-order valence-electron chi connectivity index (χ3n) is 14.4. The molecule has 78 heavy (non-hydrogen) atoms. The predicted octanol–water partition coefficient (Wildman–Crippen LogP) is 22.8. The Kier molecular flexibility index (Phi) is 62.7. The van der Waals surface area contributed by atoms with Gasteiger partial charge in [-0.25, -0.2) is 0 Å². The van der Waals surface area contributed by atoms with E-state index < -0.39 is 6.10 Å². The van der Waals surface area contributed by atoms with Crippen LogP contribution in [0.2, 0.25) is 0 Å². The van der Waals surface area contributed by atoms with Gasteiger partial charge in [-0.2, -0.15) is 0 Å². The van der Waals surface area contributed by atoms with Gasteiger partial charge in [-0.3, -0.25) is 14.4 Å². The lowest BCUT2D eigenvalue weighted by atomic mass is 10.0. The average molecular weight is 1090 g/mol. The van der Waals surface area contributed by atoms with Gasteiger partial charge in [0.15, 0.2) is 6.10 Å². The van der Waals surface area contributed by atoms with Crippen LogP contribution >= 0.6 is 0 Å². The topological polar surface area (TPSA) is 78.9 Å². The molecule has 0 aliphatic heterocycles. The number of hydrogen-bond acceptors (Lipinski definition) is 6. The molecule has 0 N–H and O–H groups in total. The van der Waals surface area contributed by atoms with Gasteiger partial charge in [-0.1, -0.05) is 317 Å². The van der Waals surface area contributed by atoms with Crippen LogP contribution in [0.15, 0.2) is 97.2 Å². The van der Waals surface area contributed by atoms with Gasteiger partial charge in [0, 0.05) is 19.3 Å². The van der Waals surface area contributed by atoms with Gasteiger partial charge in [-0.15, -0.1) is 0 Å². The summed E-state index contributed by atoms with van der Waals surface area (Å²) < 4.78 is 16.9. The highest BCUT2D eigenvalue weighted by molar-refractivity contribution is 5.71. The van der Waals surface area contributed by atoms with Crippen LogP contribution in [0.5, 0.6) is 0 Å². The molecule has 0 aliphatic carbocycles. The van der Waals surface area contributed by atoms with Crippen molar-refractivity contribution in [3.8, 4) is 0 Å². The summed E-state index contributed by atoms with van der Waals surface area (Å²) in [6, 6.07) is 0. The summed E-state index contributed by atoms with van der Waals surface area (Å²) in [6.45, 7) is 6.55. The minimum atomic E-state index is -0.786. The van der Waals surface area contributed by atoms with Crippen molar-refractivity contribution in [1.82, 2.24) is 0 Å². The molecule has 6 nitrogen and oxygen atoms in total. The normalized spacial score (nSPS) is 12.7. The lowest BCUT2D eigenvalue weighted by Gasteiger charge is -2.18. The fraction of sp³-hybridized carbons (Fsp3) is 0.736. The predicted molar refractivity (Wildman–Crippen MR) is 339 cm³/mol. The van der Waals surface area contributed by atoms with Crippen LogP contribution in [0.1, 0.15) is 323 Å². The Bertz CT molecular complexity index is 1530. The summed E-state index contributed by atoms with van der Waals surface area (Å²) in [5.74, 6) is -0.891. The van der Waals surface area contributed by atoms with Crippen molar-refractivity contribution in [1.29, 1.82) is 0 Å². The molecule has 0 rings (SSSR count). The second-order valence-electron chi connectivity index (χ2n) is 22.0. The number of esters is 3. The van der Waals surface area contributed by atoms with Crippen LogP contribution < -0.4 is 0 Å². The second-order valence-corrected chi connectivity index (χ2v) is 22.0.